The second kappa shape index (κ2) is 5.06. The number of carbonyl (C=O) groups excluding carboxylic acids is 1. The van der Waals surface area contributed by atoms with E-state index in [1.165, 1.54) is 0 Å². The van der Waals surface area contributed by atoms with Crippen molar-refractivity contribution in [2.24, 2.45) is 11.1 Å². The highest BCUT2D eigenvalue weighted by Crippen LogP contribution is 2.28. The molecule has 0 aromatic carbocycles. The Bertz CT molecular complexity index is 426. The highest BCUT2D eigenvalue weighted by Gasteiger charge is 2.30. The molecule has 1 aliphatic heterocycles. The van der Waals surface area contributed by atoms with Gasteiger partial charge >= 0.3 is 0 Å². The van der Waals surface area contributed by atoms with Gasteiger partial charge in [0.1, 0.15) is 0 Å². The van der Waals surface area contributed by atoms with E-state index in [0.29, 0.717) is 18.8 Å². The molecule has 1 aliphatic rings. The number of carbonyl (C=O) groups is 1. The van der Waals surface area contributed by atoms with Crippen LogP contribution in [0.4, 0.5) is 0 Å². The smallest absolute Gasteiger partial charge is 0.276 e. The molecule has 2 heterocycles. The minimum absolute atomic E-state index is 0.0222. The van der Waals surface area contributed by atoms with Crippen LogP contribution in [-0.4, -0.2) is 45.4 Å². The lowest BCUT2D eigenvalue weighted by molar-refractivity contribution is 0.0577. The molecule has 100 valence electrons. The van der Waals surface area contributed by atoms with E-state index in [4.69, 9.17) is 5.73 Å². The molecule has 0 aliphatic carbocycles. The van der Waals surface area contributed by atoms with Crippen molar-refractivity contribution in [1.82, 2.24) is 19.9 Å². The van der Waals surface area contributed by atoms with Crippen molar-refractivity contribution < 1.29 is 4.79 Å². The van der Waals surface area contributed by atoms with E-state index in [1.807, 2.05) is 4.90 Å². The maximum Gasteiger partial charge on any atom is 0.276 e. The van der Waals surface area contributed by atoms with Gasteiger partial charge in [-0.15, -0.1) is 5.10 Å². The van der Waals surface area contributed by atoms with E-state index >= 15 is 0 Å². The van der Waals surface area contributed by atoms with Crippen LogP contribution >= 0.6 is 0 Å². The zero-order valence-electron chi connectivity index (χ0n) is 11.1. The van der Waals surface area contributed by atoms with Crippen LogP contribution in [-0.2, 0) is 6.54 Å². The third-order valence-electron chi connectivity index (χ3n) is 3.30. The second-order valence-electron chi connectivity index (χ2n) is 5.65. The van der Waals surface area contributed by atoms with Crippen molar-refractivity contribution in [3.63, 3.8) is 0 Å². The number of nitrogens with two attached hydrogens (primary N) is 1. The molecule has 0 bridgehead atoms. The average Bonchev–Trinajstić information content (AvgIpc) is 2.76. The molecule has 0 saturated carbocycles. The molecule has 18 heavy (non-hydrogen) atoms. The van der Waals surface area contributed by atoms with E-state index in [2.05, 4.69) is 24.2 Å². The molecule has 1 aromatic heterocycles. The number of rotatable bonds is 3. The fourth-order valence-corrected chi connectivity index (χ4v) is 2.40. The summed E-state index contributed by atoms with van der Waals surface area (Å²) in [6.45, 7) is 7.07. The Kier molecular flexibility index (Phi) is 3.65. The Balaban J connectivity index is 2.05. The lowest BCUT2D eigenvalue weighted by Crippen LogP contribution is -2.43. The highest BCUT2D eigenvalue weighted by atomic mass is 16.2. The minimum Gasteiger partial charge on any atom is -0.337 e. The fourth-order valence-electron chi connectivity index (χ4n) is 2.40. The predicted molar refractivity (Wildman–Crippen MR) is 68.0 cm³/mol. The normalized spacial score (nSPS) is 18.9. The van der Waals surface area contributed by atoms with Crippen LogP contribution in [0.3, 0.4) is 0 Å². The molecule has 1 amide bonds. The van der Waals surface area contributed by atoms with Crippen LogP contribution in [0.1, 0.15) is 37.2 Å². The van der Waals surface area contributed by atoms with Gasteiger partial charge in [0.2, 0.25) is 0 Å². The fraction of sp³-hybridized carbons (Fsp3) is 0.750. The van der Waals surface area contributed by atoms with Crippen LogP contribution in [0.5, 0.6) is 0 Å². The van der Waals surface area contributed by atoms with Crippen molar-refractivity contribution >= 4 is 5.91 Å². The quantitative estimate of drug-likeness (QED) is 0.848. The van der Waals surface area contributed by atoms with Gasteiger partial charge in [-0.3, -0.25) is 9.48 Å². The van der Waals surface area contributed by atoms with E-state index in [-0.39, 0.29) is 11.3 Å². The summed E-state index contributed by atoms with van der Waals surface area (Å²) in [7, 11) is 0. The van der Waals surface area contributed by atoms with E-state index in [1.54, 1.807) is 10.9 Å². The van der Waals surface area contributed by atoms with Crippen LogP contribution in [0.25, 0.3) is 0 Å². The molecular formula is C12H21N5O. The van der Waals surface area contributed by atoms with Crippen LogP contribution in [0, 0.1) is 5.41 Å². The van der Waals surface area contributed by atoms with Gasteiger partial charge in [-0.1, -0.05) is 19.1 Å². The van der Waals surface area contributed by atoms with Gasteiger partial charge in [0.15, 0.2) is 5.69 Å². The number of hydrogen-bond donors (Lipinski definition) is 1. The van der Waals surface area contributed by atoms with Crippen molar-refractivity contribution in [3.8, 4) is 0 Å². The summed E-state index contributed by atoms with van der Waals surface area (Å²) in [6, 6.07) is 0. The molecule has 2 N–H and O–H groups in total. The van der Waals surface area contributed by atoms with Gasteiger partial charge in [-0.25, -0.2) is 0 Å². The third kappa shape index (κ3) is 2.87. The van der Waals surface area contributed by atoms with E-state index in [0.717, 1.165) is 25.9 Å². The Hall–Kier alpha value is -1.43. The van der Waals surface area contributed by atoms with Crippen molar-refractivity contribution in [3.05, 3.63) is 11.9 Å². The van der Waals surface area contributed by atoms with Gasteiger partial charge in [0.05, 0.1) is 12.7 Å². The number of piperidine rings is 1. The predicted octanol–water partition coefficient (Wildman–Crippen LogP) is 0.499. The highest BCUT2D eigenvalue weighted by molar-refractivity contribution is 5.92. The minimum atomic E-state index is -0.0222. The maximum absolute atomic E-state index is 12.3. The van der Waals surface area contributed by atoms with E-state index < -0.39 is 0 Å². The lowest BCUT2D eigenvalue weighted by Gasteiger charge is -2.37. The topological polar surface area (TPSA) is 77.0 Å². The largest absolute Gasteiger partial charge is 0.337 e. The molecule has 6 heteroatoms. The molecule has 6 nitrogen and oxygen atoms in total. The molecule has 1 saturated heterocycles. The molecule has 0 atom stereocenters. The first-order valence-electron chi connectivity index (χ1n) is 6.41. The summed E-state index contributed by atoms with van der Waals surface area (Å²) in [5, 5.41) is 7.82. The molecule has 0 unspecified atom stereocenters. The maximum atomic E-state index is 12.3. The monoisotopic (exact) mass is 251 g/mol. The molecule has 1 fully saturated rings. The Morgan fingerprint density at radius 1 is 1.56 bits per heavy atom. The average molecular weight is 251 g/mol. The van der Waals surface area contributed by atoms with Crippen molar-refractivity contribution in [2.75, 3.05) is 19.6 Å². The van der Waals surface area contributed by atoms with Crippen LogP contribution < -0.4 is 5.73 Å². The van der Waals surface area contributed by atoms with Gasteiger partial charge < -0.3 is 10.6 Å². The molecule has 0 radical (unpaired) electrons. The zero-order chi connectivity index (χ0) is 13.2. The molecule has 0 spiro atoms. The summed E-state index contributed by atoms with van der Waals surface area (Å²) < 4.78 is 1.61. The van der Waals surface area contributed by atoms with Gasteiger partial charge in [0, 0.05) is 19.6 Å². The number of nitrogens with zero attached hydrogens (tertiary/aromatic N) is 4. The van der Waals surface area contributed by atoms with E-state index in [9.17, 15) is 4.79 Å². The summed E-state index contributed by atoms with van der Waals surface area (Å²) in [6.07, 6.45) is 3.89. The number of likely N-dealkylation sites (tertiary alicyclic amines) is 1. The molecular weight excluding hydrogens is 230 g/mol. The summed E-state index contributed by atoms with van der Waals surface area (Å²) >= 11 is 0. The first-order valence-corrected chi connectivity index (χ1v) is 6.41. The standard InChI is InChI=1S/C12H21N5O/c1-12(2)4-3-6-16(9-12)11(18)10-8-17(7-5-13)15-14-10/h8H,3-7,9,13H2,1-2H3. The first kappa shape index (κ1) is 13.0. The number of aromatic nitrogens is 3. The van der Waals surface area contributed by atoms with Crippen LogP contribution in [0.2, 0.25) is 0 Å². The number of hydrogen-bond acceptors (Lipinski definition) is 4. The summed E-state index contributed by atoms with van der Waals surface area (Å²) in [4.78, 5) is 14.2. The van der Waals surface area contributed by atoms with Crippen molar-refractivity contribution in [2.45, 2.75) is 33.2 Å². The second-order valence-corrected chi connectivity index (χ2v) is 5.65. The SMILES string of the molecule is CC1(C)CCCN(C(=O)c2cn(CCN)nn2)C1. The zero-order valence-corrected chi connectivity index (χ0v) is 11.1. The Morgan fingerprint density at radius 2 is 2.33 bits per heavy atom. The first-order chi connectivity index (χ1) is 8.52. The van der Waals surface area contributed by atoms with Gasteiger partial charge in [-0.05, 0) is 18.3 Å². The molecule has 1 aromatic rings. The Morgan fingerprint density at radius 3 is 3.00 bits per heavy atom. The van der Waals surface area contributed by atoms with Gasteiger partial charge in [-0.2, -0.15) is 0 Å². The number of amides is 1. The summed E-state index contributed by atoms with van der Waals surface area (Å²) in [5.41, 5.74) is 6.05. The van der Waals surface area contributed by atoms with Crippen LogP contribution in [0.15, 0.2) is 6.20 Å². The third-order valence-corrected chi connectivity index (χ3v) is 3.30. The summed E-state index contributed by atoms with van der Waals surface area (Å²) in [5.74, 6) is -0.0222. The molecule has 2 rings (SSSR count). The van der Waals surface area contributed by atoms with Crippen molar-refractivity contribution in [1.29, 1.82) is 0 Å². The lowest BCUT2D eigenvalue weighted by atomic mass is 9.84. The van der Waals surface area contributed by atoms with Gasteiger partial charge in [0.25, 0.3) is 5.91 Å². The Labute approximate surface area is 107 Å².